The number of hydrogen-bond acceptors (Lipinski definition) is 6. The van der Waals surface area contributed by atoms with Crippen LogP contribution >= 0.6 is 11.6 Å². The van der Waals surface area contributed by atoms with Crippen LogP contribution in [0.4, 0.5) is 0 Å². The molecule has 3 heterocycles. The number of carboxylic acid groups (broad SMARTS) is 1. The Morgan fingerprint density at radius 1 is 1.36 bits per heavy atom. The van der Waals surface area contributed by atoms with E-state index in [1.807, 2.05) is 10.6 Å². The molecule has 1 saturated heterocycles. The van der Waals surface area contributed by atoms with Crippen molar-refractivity contribution in [2.45, 2.75) is 17.5 Å². The van der Waals surface area contributed by atoms with Crippen LogP contribution in [0, 0.1) is 0 Å². The van der Waals surface area contributed by atoms with E-state index in [1.54, 1.807) is 18.3 Å². The van der Waals surface area contributed by atoms with Crippen LogP contribution in [0.1, 0.15) is 12.8 Å². The molecule has 0 unspecified atom stereocenters. The molecule has 0 saturated carbocycles. The van der Waals surface area contributed by atoms with Gasteiger partial charge >= 0.3 is 158 Å². The molecule has 1 fully saturated rings. The van der Waals surface area contributed by atoms with E-state index in [-0.39, 0.29) is 28.0 Å². The Balaban J connectivity index is 0.000000706. The Labute approximate surface area is 173 Å². The summed E-state index contributed by atoms with van der Waals surface area (Å²) in [5.41, 5.74) is 1.44. The number of aromatic nitrogens is 4. The first kappa shape index (κ1) is 20.6. The van der Waals surface area contributed by atoms with Gasteiger partial charge in [-0.05, 0) is 0 Å². The van der Waals surface area contributed by atoms with Gasteiger partial charge in [-0.2, -0.15) is 0 Å². The molecule has 1 radical (unpaired) electrons. The van der Waals surface area contributed by atoms with Gasteiger partial charge in [0.05, 0.1) is 0 Å². The molecule has 0 bridgehead atoms. The smallest absolute Gasteiger partial charge is 0.290 e. The minimum absolute atomic E-state index is 0.0896. The van der Waals surface area contributed by atoms with Crippen molar-refractivity contribution in [2.24, 2.45) is 0 Å². The molecule has 0 amide bonds. The second-order valence-electron chi connectivity index (χ2n) is 6.42. The van der Waals surface area contributed by atoms with Gasteiger partial charge < -0.3 is 5.11 Å². The number of nitrogens with zero attached hydrogens (tertiary/aromatic N) is 5. The minimum Gasteiger partial charge on any atom is -0.483 e. The predicted molar refractivity (Wildman–Crippen MR) is 107 cm³/mol. The predicted octanol–water partition coefficient (Wildman–Crippen LogP) is 1.69. The first-order valence-electron chi connectivity index (χ1n) is 8.69. The molecule has 0 aliphatic carbocycles. The molecule has 1 aliphatic heterocycles. The molecule has 10 heteroatoms. The molecule has 147 valence electrons. The number of likely N-dealkylation sites (tertiary alicyclic amines) is 1. The Morgan fingerprint density at radius 3 is 2.86 bits per heavy atom. The Morgan fingerprint density at radius 2 is 2.14 bits per heavy atom. The van der Waals surface area contributed by atoms with Gasteiger partial charge in [-0.25, -0.2) is 0 Å². The van der Waals surface area contributed by atoms with Crippen molar-refractivity contribution < 1.29 is 15.0 Å². The maximum Gasteiger partial charge on any atom is 0.290 e. The summed E-state index contributed by atoms with van der Waals surface area (Å²) in [6, 6.07) is 5.00. The van der Waals surface area contributed by atoms with Gasteiger partial charge in [0.15, 0.2) is 0 Å². The van der Waals surface area contributed by atoms with Crippen molar-refractivity contribution in [1.82, 2.24) is 24.5 Å². The second-order valence-corrected chi connectivity index (χ2v) is 9.82. The van der Waals surface area contributed by atoms with E-state index >= 15 is 0 Å². The largest absolute Gasteiger partial charge is 0.483 e. The molecule has 2 N–H and O–H groups in total. The van der Waals surface area contributed by atoms with E-state index in [1.165, 1.54) is 25.5 Å². The van der Waals surface area contributed by atoms with Crippen molar-refractivity contribution in [2.75, 3.05) is 20.1 Å². The standard InChI is InChI=1S/C17H18AsClN5O.CH2O2/c1-23-7-2-3-11(10-23)18-15-17-20-6-8-24(17)16(22-21-15)13-5-4-12(19)9-14(13)25;2-1-3/h4-6,8-9,11,25H,2-3,7,10H2,1H3;1H,(H,2,3)/t11-;/m1./s1. The number of phenolic OH excluding ortho intramolecular Hbond substituents is 1. The third-order valence-corrected chi connectivity index (χ3v) is 7.42. The molecule has 4 rings (SSSR count). The monoisotopic (exact) mass is 464 g/mol. The summed E-state index contributed by atoms with van der Waals surface area (Å²) in [7, 11) is 2.18. The minimum atomic E-state index is -0.250. The maximum atomic E-state index is 10.2. The van der Waals surface area contributed by atoms with Gasteiger partial charge in [-0.1, -0.05) is 0 Å². The normalized spacial score (nSPS) is 17.6. The molecule has 28 heavy (non-hydrogen) atoms. The molecule has 1 atom stereocenters. The maximum absolute atomic E-state index is 10.2. The van der Waals surface area contributed by atoms with Crippen molar-refractivity contribution in [3.05, 3.63) is 35.6 Å². The third kappa shape index (κ3) is 4.63. The van der Waals surface area contributed by atoms with Crippen LogP contribution in [-0.4, -0.2) is 77.1 Å². The number of aromatic hydroxyl groups is 1. The number of phenols is 1. The summed E-state index contributed by atoms with van der Waals surface area (Å²) in [4.78, 5) is 15.2. The number of fused-ring (bicyclic) bond motifs is 1. The van der Waals surface area contributed by atoms with Crippen molar-refractivity contribution in [1.29, 1.82) is 0 Å². The van der Waals surface area contributed by atoms with Gasteiger partial charge in [-0.3, -0.25) is 4.79 Å². The fraction of sp³-hybridized carbons (Fsp3) is 0.333. The van der Waals surface area contributed by atoms with Crippen LogP contribution in [0.15, 0.2) is 30.6 Å². The summed E-state index contributed by atoms with van der Waals surface area (Å²) in [6.45, 7) is 2.05. The Hall–Kier alpha value is -2.15. The molecule has 1 aromatic carbocycles. The summed E-state index contributed by atoms with van der Waals surface area (Å²) in [5, 5.41) is 26.5. The topological polar surface area (TPSA) is 104 Å². The number of benzene rings is 1. The average Bonchev–Trinajstić information content (AvgIpc) is 3.14. The zero-order valence-corrected chi connectivity index (χ0v) is 17.9. The van der Waals surface area contributed by atoms with Gasteiger partial charge in [0.2, 0.25) is 0 Å². The van der Waals surface area contributed by atoms with E-state index < -0.39 is 0 Å². The zero-order valence-electron chi connectivity index (χ0n) is 15.2. The summed E-state index contributed by atoms with van der Waals surface area (Å²) in [5.74, 6) is 0.666. The fourth-order valence-corrected chi connectivity index (χ4v) is 6.30. The molecule has 8 nitrogen and oxygen atoms in total. The van der Waals surface area contributed by atoms with E-state index in [0.29, 0.717) is 21.1 Å². The molecule has 3 aromatic rings. The third-order valence-electron chi connectivity index (χ3n) is 4.41. The first-order valence-corrected chi connectivity index (χ1v) is 11.1. The van der Waals surface area contributed by atoms with Gasteiger partial charge in [0.1, 0.15) is 0 Å². The van der Waals surface area contributed by atoms with Gasteiger partial charge in [0.25, 0.3) is 6.47 Å². The quantitative estimate of drug-likeness (QED) is 0.449. The number of halogens is 1. The molecule has 2 aromatic heterocycles. The summed E-state index contributed by atoms with van der Waals surface area (Å²) < 4.78 is 3.58. The van der Waals surface area contributed by atoms with Crippen LogP contribution in [0.5, 0.6) is 5.75 Å². The number of piperidine rings is 1. The van der Waals surface area contributed by atoms with E-state index in [4.69, 9.17) is 21.5 Å². The van der Waals surface area contributed by atoms with Gasteiger partial charge in [-0.15, -0.1) is 0 Å². The first-order chi connectivity index (χ1) is 13.5. The van der Waals surface area contributed by atoms with Gasteiger partial charge in [0, 0.05) is 0 Å². The average molecular weight is 465 g/mol. The van der Waals surface area contributed by atoms with E-state index in [0.717, 1.165) is 16.7 Å². The summed E-state index contributed by atoms with van der Waals surface area (Å²) in [6.07, 6.45) is 6.11. The van der Waals surface area contributed by atoms with Crippen LogP contribution in [0.25, 0.3) is 17.0 Å². The number of rotatable bonds is 3. The molecular formula is C18H20AsClN5O3. The van der Waals surface area contributed by atoms with Crippen LogP contribution in [-0.2, 0) is 4.79 Å². The Kier molecular flexibility index (Phi) is 6.88. The molecule has 0 spiro atoms. The Bertz CT molecular complexity index is 968. The SMILES string of the molecule is CN1CCC[C@@H]([As]c2nnc(-c3ccc(Cl)cc3O)n3ccnc23)C1.O=CO. The summed E-state index contributed by atoms with van der Waals surface area (Å²) >= 11 is 5.82. The number of carbonyl (C=O) groups is 1. The van der Waals surface area contributed by atoms with E-state index in [2.05, 4.69) is 27.1 Å². The van der Waals surface area contributed by atoms with Crippen LogP contribution in [0.3, 0.4) is 0 Å². The fourth-order valence-electron chi connectivity index (χ4n) is 3.21. The molecule has 1 aliphatic rings. The molecular weight excluding hydrogens is 445 g/mol. The zero-order chi connectivity index (χ0) is 20.1. The van der Waals surface area contributed by atoms with Crippen molar-refractivity contribution in [3.63, 3.8) is 0 Å². The van der Waals surface area contributed by atoms with Crippen molar-refractivity contribution in [3.8, 4) is 17.1 Å². The van der Waals surface area contributed by atoms with Crippen LogP contribution in [0.2, 0.25) is 9.73 Å². The number of hydrogen-bond donors (Lipinski definition) is 2. The van der Waals surface area contributed by atoms with E-state index in [9.17, 15) is 5.11 Å². The van der Waals surface area contributed by atoms with Crippen LogP contribution < -0.4 is 4.48 Å². The number of imidazole rings is 1. The van der Waals surface area contributed by atoms with Crippen molar-refractivity contribution >= 4 is 44.0 Å². The second kappa shape index (κ2) is 9.36.